The number of aromatic nitrogens is 1. The molecule has 0 saturated heterocycles. The molecule has 0 bridgehead atoms. The van der Waals surface area contributed by atoms with E-state index in [1.165, 1.54) is 11.8 Å². The van der Waals surface area contributed by atoms with Gasteiger partial charge in [0.1, 0.15) is 5.70 Å². The van der Waals surface area contributed by atoms with E-state index in [9.17, 15) is 14.4 Å². The van der Waals surface area contributed by atoms with E-state index in [2.05, 4.69) is 20.9 Å². The number of amides is 3. The highest BCUT2D eigenvalue weighted by atomic mass is 35.5. The Labute approximate surface area is 265 Å². The van der Waals surface area contributed by atoms with E-state index in [1.54, 1.807) is 60.8 Å². The van der Waals surface area contributed by atoms with Gasteiger partial charge in [0.25, 0.3) is 11.8 Å². The van der Waals surface area contributed by atoms with Crippen molar-refractivity contribution < 1.29 is 14.4 Å². The number of thioether (sulfide) groups is 1. The minimum Gasteiger partial charge on any atom is -0.361 e. The number of halogens is 1. The molecule has 222 valence electrons. The van der Waals surface area contributed by atoms with Crippen LogP contribution in [0.4, 0.5) is 11.4 Å². The zero-order chi connectivity index (χ0) is 31.3. The molecular weight excluding hydrogens is 592 g/mol. The number of hydrogen-bond acceptors (Lipinski definition) is 4. The van der Waals surface area contributed by atoms with E-state index >= 15 is 0 Å². The first-order chi connectivity index (χ1) is 21.1. The predicted molar refractivity (Wildman–Crippen MR) is 180 cm³/mol. The van der Waals surface area contributed by atoms with Crippen molar-refractivity contribution in [3.63, 3.8) is 0 Å². The number of fused-ring (bicyclic) bond motifs is 1. The van der Waals surface area contributed by atoms with E-state index in [4.69, 9.17) is 11.6 Å². The zero-order valence-electron chi connectivity index (χ0n) is 24.4. The van der Waals surface area contributed by atoms with Gasteiger partial charge in [-0.25, -0.2) is 0 Å². The maximum atomic E-state index is 13.5. The molecule has 0 unspecified atom stereocenters. The number of H-pyrrole nitrogens is 1. The van der Waals surface area contributed by atoms with Gasteiger partial charge in [0.05, 0.1) is 4.75 Å². The highest BCUT2D eigenvalue weighted by Gasteiger charge is 2.29. The first-order valence-electron chi connectivity index (χ1n) is 13.9. The SMILES string of the molecule is Cc1c(Cl)cccc1NC(=O)C(C)(C)Sc1ccc(NC(=O)/C(=C\c2c[nH]c3ccccc23)NC(=O)c2ccccc2)cc1. The van der Waals surface area contributed by atoms with Crippen molar-refractivity contribution in [2.75, 3.05) is 10.6 Å². The summed E-state index contributed by atoms with van der Waals surface area (Å²) >= 11 is 7.61. The lowest BCUT2D eigenvalue weighted by atomic mass is 10.1. The van der Waals surface area contributed by atoms with Crippen LogP contribution in [0.3, 0.4) is 0 Å². The number of para-hydroxylation sites is 1. The molecule has 9 heteroatoms. The summed E-state index contributed by atoms with van der Waals surface area (Å²) in [5.74, 6) is -1.03. The number of benzene rings is 4. The van der Waals surface area contributed by atoms with Crippen LogP contribution in [0.15, 0.2) is 114 Å². The molecule has 1 heterocycles. The van der Waals surface area contributed by atoms with Gasteiger partial charge >= 0.3 is 0 Å². The van der Waals surface area contributed by atoms with Crippen molar-refractivity contribution in [2.45, 2.75) is 30.4 Å². The molecule has 0 radical (unpaired) electrons. The number of nitrogens with one attached hydrogen (secondary N) is 4. The summed E-state index contributed by atoms with van der Waals surface area (Å²) in [5, 5.41) is 10.1. The Bertz CT molecular complexity index is 1860. The van der Waals surface area contributed by atoms with Crippen LogP contribution < -0.4 is 16.0 Å². The highest BCUT2D eigenvalue weighted by molar-refractivity contribution is 8.01. The number of rotatable bonds is 9. The Morgan fingerprint density at radius 3 is 2.30 bits per heavy atom. The fraction of sp³-hybridized carbons (Fsp3) is 0.114. The highest BCUT2D eigenvalue weighted by Crippen LogP contribution is 2.35. The molecule has 0 fully saturated rings. The fourth-order valence-corrected chi connectivity index (χ4v) is 5.65. The van der Waals surface area contributed by atoms with E-state index in [-0.39, 0.29) is 11.6 Å². The minimum atomic E-state index is -0.795. The first kappa shape index (κ1) is 30.7. The van der Waals surface area contributed by atoms with Gasteiger partial charge in [-0.05, 0) is 87.0 Å². The molecule has 0 atom stereocenters. The van der Waals surface area contributed by atoms with Crippen molar-refractivity contribution in [1.82, 2.24) is 10.3 Å². The molecular formula is C35H31ClN4O3S. The molecule has 5 aromatic rings. The van der Waals surface area contributed by atoms with Gasteiger partial charge in [0.15, 0.2) is 0 Å². The second-order valence-electron chi connectivity index (χ2n) is 10.6. The molecule has 7 nitrogen and oxygen atoms in total. The number of anilines is 2. The fourth-order valence-electron chi connectivity index (χ4n) is 4.47. The topological polar surface area (TPSA) is 103 Å². The van der Waals surface area contributed by atoms with Crippen LogP contribution in [0.1, 0.15) is 35.3 Å². The molecule has 0 aliphatic heterocycles. The average Bonchev–Trinajstić information content (AvgIpc) is 3.43. The maximum absolute atomic E-state index is 13.5. The summed E-state index contributed by atoms with van der Waals surface area (Å²) in [4.78, 5) is 43.7. The van der Waals surface area contributed by atoms with Gasteiger partial charge in [-0.1, -0.05) is 54.1 Å². The second kappa shape index (κ2) is 13.2. The van der Waals surface area contributed by atoms with Crippen LogP contribution in [0.2, 0.25) is 5.02 Å². The molecule has 0 aliphatic carbocycles. The predicted octanol–water partition coefficient (Wildman–Crippen LogP) is 8.05. The summed E-state index contributed by atoms with van der Waals surface area (Å²) in [6.07, 6.45) is 3.45. The largest absolute Gasteiger partial charge is 0.361 e. The third-order valence-corrected chi connectivity index (χ3v) is 8.61. The molecule has 1 aromatic heterocycles. The second-order valence-corrected chi connectivity index (χ2v) is 12.7. The third kappa shape index (κ3) is 7.22. The number of hydrogen-bond donors (Lipinski definition) is 4. The van der Waals surface area contributed by atoms with Crippen LogP contribution in [0, 0.1) is 6.92 Å². The summed E-state index contributed by atoms with van der Waals surface area (Å²) < 4.78 is -0.795. The number of carbonyl (C=O) groups is 3. The zero-order valence-corrected chi connectivity index (χ0v) is 26.0. The lowest BCUT2D eigenvalue weighted by Crippen LogP contribution is -2.34. The van der Waals surface area contributed by atoms with Gasteiger partial charge < -0.3 is 20.9 Å². The minimum absolute atomic E-state index is 0.0937. The third-order valence-electron chi connectivity index (χ3n) is 7.00. The lowest BCUT2D eigenvalue weighted by Gasteiger charge is -2.24. The molecule has 0 saturated carbocycles. The summed E-state index contributed by atoms with van der Waals surface area (Å²) in [7, 11) is 0. The standard InChI is InChI=1S/C35H31ClN4O3S/c1-22-28(36)13-9-15-29(22)40-34(43)35(2,3)44-26-18-16-25(17-19-26)38-33(42)31(39-32(41)23-10-5-4-6-11-23)20-24-21-37-30-14-8-7-12-27(24)30/h4-21,37H,1-3H3,(H,38,42)(H,39,41)(H,40,43)/b31-20+. The Kier molecular flexibility index (Phi) is 9.23. The molecule has 4 aromatic carbocycles. The van der Waals surface area contributed by atoms with Crippen LogP contribution in [-0.4, -0.2) is 27.5 Å². The molecule has 44 heavy (non-hydrogen) atoms. The van der Waals surface area contributed by atoms with Gasteiger partial charge in [0.2, 0.25) is 5.91 Å². The number of aromatic amines is 1. The van der Waals surface area contributed by atoms with Crippen LogP contribution in [0.5, 0.6) is 0 Å². The van der Waals surface area contributed by atoms with Crippen LogP contribution >= 0.6 is 23.4 Å². The van der Waals surface area contributed by atoms with Gasteiger partial charge in [-0.15, -0.1) is 11.8 Å². The molecule has 5 rings (SSSR count). The normalized spacial score (nSPS) is 11.7. The Hall–Kier alpha value is -4.79. The quantitative estimate of drug-likeness (QED) is 0.0986. The maximum Gasteiger partial charge on any atom is 0.272 e. The van der Waals surface area contributed by atoms with Crippen molar-refractivity contribution in [3.05, 3.63) is 131 Å². The van der Waals surface area contributed by atoms with Crippen molar-refractivity contribution in [1.29, 1.82) is 0 Å². The van der Waals surface area contributed by atoms with E-state index in [1.807, 2.05) is 69.3 Å². The smallest absolute Gasteiger partial charge is 0.272 e. The monoisotopic (exact) mass is 622 g/mol. The summed E-state index contributed by atoms with van der Waals surface area (Å²) in [5.41, 5.74) is 4.22. The average molecular weight is 623 g/mol. The van der Waals surface area contributed by atoms with Gasteiger partial charge in [0, 0.05) is 49.5 Å². The van der Waals surface area contributed by atoms with E-state index in [0.717, 1.165) is 26.9 Å². The molecule has 3 amide bonds. The lowest BCUT2D eigenvalue weighted by molar-refractivity contribution is -0.117. The van der Waals surface area contributed by atoms with Crippen molar-refractivity contribution in [3.8, 4) is 0 Å². The Balaban J connectivity index is 1.31. The molecule has 0 spiro atoms. The Morgan fingerprint density at radius 1 is 0.841 bits per heavy atom. The summed E-state index contributed by atoms with van der Waals surface area (Å²) in [6, 6.07) is 29.0. The summed E-state index contributed by atoms with van der Waals surface area (Å²) in [6.45, 7) is 5.55. The number of carbonyl (C=O) groups excluding carboxylic acids is 3. The van der Waals surface area contributed by atoms with Gasteiger partial charge in [-0.2, -0.15) is 0 Å². The van der Waals surface area contributed by atoms with Crippen LogP contribution in [-0.2, 0) is 9.59 Å². The van der Waals surface area contributed by atoms with E-state index in [0.29, 0.717) is 22.0 Å². The van der Waals surface area contributed by atoms with Crippen molar-refractivity contribution in [2.24, 2.45) is 0 Å². The van der Waals surface area contributed by atoms with E-state index < -0.39 is 16.6 Å². The van der Waals surface area contributed by atoms with Gasteiger partial charge in [-0.3, -0.25) is 14.4 Å². The molecule has 4 N–H and O–H groups in total. The first-order valence-corrected chi connectivity index (χ1v) is 15.1. The molecule has 0 aliphatic rings. The van der Waals surface area contributed by atoms with Crippen molar-refractivity contribution >= 4 is 69.4 Å². The van der Waals surface area contributed by atoms with Crippen LogP contribution in [0.25, 0.3) is 17.0 Å². The Morgan fingerprint density at radius 2 is 1.55 bits per heavy atom.